The summed E-state index contributed by atoms with van der Waals surface area (Å²) in [6.07, 6.45) is 0. The molecule has 6 heteroatoms. The van der Waals surface area contributed by atoms with Gasteiger partial charge < -0.3 is 19.7 Å². The maximum absolute atomic E-state index is 11.4. The van der Waals surface area contributed by atoms with E-state index in [1.807, 2.05) is 0 Å². The van der Waals surface area contributed by atoms with Crippen LogP contribution in [0.1, 0.15) is 13.8 Å². The summed E-state index contributed by atoms with van der Waals surface area (Å²) in [4.78, 5) is 22.6. The molecule has 0 radical (unpaired) electrons. The molecule has 2 N–H and O–H groups in total. The van der Waals surface area contributed by atoms with Gasteiger partial charge in [-0.05, 0) is 13.8 Å². The molecule has 6 nitrogen and oxygen atoms in total. The van der Waals surface area contributed by atoms with Crippen LogP contribution in [-0.4, -0.2) is 47.6 Å². The molecule has 102 valence electrons. The number of carbonyl (C=O) groups excluding carboxylic acids is 2. The first-order chi connectivity index (χ1) is 8.28. The van der Waals surface area contributed by atoms with Crippen LogP contribution in [0.4, 0.5) is 0 Å². The summed E-state index contributed by atoms with van der Waals surface area (Å²) in [5, 5.41) is 18.4. The standard InChI is InChI=1S/C12H18O6/c1-8(2)10(15)17-7-12(5-13,6-14)18-11(16)9(3)4/h13-14H,1,3,5-7H2,2,4H3. The maximum Gasteiger partial charge on any atom is 0.333 e. The predicted molar refractivity (Wildman–Crippen MR) is 63.6 cm³/mol. The highest BCUT2D eigenvalue weighted by molar-refractivity contribution is 5.88. The van der Waals surface area contributed by atoms with Crippen LogP contribution in [0.2, 0.25) is 0 Å². The zero-order valence-electron chi connectivity index (χ0n) is 10.6. The molecular weight excluding hydrogens is 240 g/mol. The Labute approximate surface area is 106 Å². The van der Waals surface area contributed by atoms with Crippen molar-refractivity contribution in [1.29, 1.82) is 0 Å². The summed E-state index contributed by atoms with van der Waals surface area (Å²) >= 11 is 0. The lowest BCUT2D eigenvalue weighted by Crippen LogP contribution is -2.47. The lowest BCUT2D eigenvalue weighted by atomic mass is 10.1. The third kappa shape index (κ3) is 4.68. The first-order valence-electron chi connectivity index (χ1n) is 5.21. The summed E-state index contributed by atoms with van der Waals surface area (Å²) < 4.78 is 9.65. The second kappa shape index (κ2) is 6.93. The van der Waals surface area contributed by atoms with Gasteiger partial charge in [0.05, 0.1) is 13.2 Å². The van der Waals surface area contributed by atoms with E-state index in [0.29, 0.717) is 0 Å². The molecule has 0 bridgehead atoms. The van der Waals surface area contributed by atoms with Crippen LogP contribution in [-0.2, 0) is 19.1 Å². The Hall–Kier alpha value is -1.66. The first kappa shape index (κ1) is 16.3. The van der Waals surface area contributed by atoms with Crippen molar-refractivity contribution in [2.45, 2.75) is 19.4 Å². The van der Waals surface area contributed by atoms with Crippen LogP contribution in [0, 0.1) is 0 Å². The Bertz CT molecular complexity index is 354. The molecule has 0 aliphatic carbocycles. The Kier molecular flexibility index (Phi) is 6.29. The fourth-order valence-electron chi connectivity index (χ4n) is 0.839. The number of ether oxygens (including phenoxy) is 2. The molecule has 0 aromatic carbocycles. The van der Waals surface area contributed by atoms with Crippen molar-refractivity contribution in [3.63, 3.8) is 0 Å². The predicted octanol–water partition coefficient (Wildman–Crippen LogP) is -0.0516. The van der Waals surface area contributed by atoms with Crippen molar-refractivity contribution < 1.29 is 29.3 Å². The van der Waals surface area contributed by atoms with Gasteiger partial charge in [-0.25, -0.2) is 9.59 Å². The van der Waals surface area contributed by atoms with E-state index in [1.165, 1.54) is 13.8 Å². The molecular formula is C12H18O6. The first-order valence-corrected chi connectivity index (χ1v) is 5.21. The van der Waals surface area contributed by atoms with E-state index in [9.17, 15) is 19.8 Å². The number of esters is 2. The highest BCUT2D eigenvalue weighted by Crippen LogP contribution is 2.14. The topological polar surface area (TPSA) is 93.1 Å². The van der Waals surface area contributed by atoms with Gasteiger partial charge in [-0.3, -0.25) is 0 Å². The molecule has 0 saturated carbocycles. The van der Waals surface area contributed by atoms with Gasteiger partial charge in [0, 0.05) is 11.1 Å². The largest absolute Gasteiger partial charge is 0.458 e. The Morgan fingerprint density at radius 3 is 1.83 bits per heavy atom. The molecule has 0 amide bonds. The number of rotatable bonds is 7. The number of aliphatic hydroxyl groups excluding tert-OH is 2. The lowest BCUT2D eigenvalue weighted by molar-refractivity contribution is -0.179. The van der Waals surface area contributed by atoms with E-state index < -0.39 is 37.4 Å². The minimum Gasteiger partial charge on any atom is -0.458 e. The van der Waals surface area contributed by atoms with Gasteiger partial charge >= 0.3 is 11.9 Å². The van der Waals surface area contributed by atoms with Gasteiger partial charge in [0.1, 0.15) is 6.61 Å². The zero-order chi connectivity index (χ0) is 14.3. The van der Waals surface area contributed by atoms with Gasteiger partial charge in [-0.1, -0.05) is 13.2 Å². The van der Waals surface area contributed by atoms with E-state index in [4.69, 9.17) is 9.47 Å². The lowest BCUT2D eigenvalue weighted by Gasteiger charge is -2.29. The molecule has 0 spiro atoms. The minimum absolute atomic E-state index is 0.104. The molecule has 18 heavy (non-hydrogen) atoms. The average molecular weight is 258 g/mol. The number of hydrogen-bond donors (Lipinski definition) is 2. The molecule has 0 aromatic rings. The maximum atomic E-state index is 11.4. The third-order valence-electron chi connectivity index (χ3n) is 2.05. The summed E-state index contributed by atoms with van der Waals surface area (Å²) in [7, 11) is 0. The second-order valence-electron chi connectivity index (χ2n) is 4.03. The summed E-state index contributed by atoms with van der Waals surface area (Å²) in [6, 6.07) is 0. The van der Waals surface area contributed by atoms with Crippen molar-refractivity contribution in [2.24, 2.45) is 0 Å². The van der Waals surface area contributed by atoms with Gasteiger partial charge in [-0.2, -0.15) is 0 Å². The van der Waals surface area contributed by atoms with Crippen LogP contribution in [0.3, 0.4) is 0 Å². The second-order valence-corrected chi connectivity index (χ2v) is 4.03. The molecule has 0 saturated heterocycles. The molecule has 0 atom stereocenters. The summed E-state index contributed by atoms with van der Waals surface area (Å²) in [5.74, 6) is -1.49. The third-order valence-corrected chi connectivity index (χ3v) is 2.05. The van der Waals surface area contributed by atoms with Gasteiger partial charge in [0.25, 0.3) is 0 Å². The van der Waals surface area contributed by atoms with E-state index in [2.05, 4.69) is 13.2 Å². The average Bonchev–Trinajstić information content (AvgIpc) is 2.33. The highest BCUT2D eigenvalue weighted by atomic mass is 16.6. The smallest absolute Gasteiger partial charge is 0.333 e. The van der Waals surface area contributed by atoms with Gasteiger partial charge in [0.15, 0.2) is 5.60 Å². The Balaban J connectivity index is 4.71. The van der Waals surface area contributed by atoms with Crippen LogP contribution < -0.4 is 0 Å². The number of aliphatic hydroxyl groups is 2. The SMILES string of the molecule is C=C(C)C(=O)OCC(CO)(CO)OC(=O)C(=C)C. The normalized spacial score (nSPS) is 10.7. The molecule has 0 aliphatic rings. The zero-order valence-corrected chi connectivity index (χ0v) is 10.6. The number of hydrogen-bond acceptors (Lipinski definition) is 6. The van der Waals surface area contributed by atoms with Crippen LogP contribution >= 0.6 is 0 Å². The molecule has 0 aromatic heterocycles. The fraction of sp³-hybridized carbons (Fsp3) is 0.500. The Morgan fingerprint density at radius 2 is 1.50 bits per heavy atom. The van der Waals surface area contributed by atoms with E-state index >= 15 is 0 Å². The van der Waals surface area contributed by atoms with Gasteiger partial charge in [-0.15, -0.1) is 0 Å². The number of carbonyl (C=O) groups is 2. The van der Waals surface area contributed by atoms with Crippen LogP contribution in [0.5, 0.6) is 0 Å². The van der Waals surface area contributed by atoms with E-state index in [0.717, 1.165) is 0 Å². The molecule has 0 heterocycles. The highest BCUT2D eigenvalue weighted by Gasteiger charge is 2.35. The van der Waals surface area contributed by atoms with Crippen molar-refractivity contribution >= 4 is 11.9 Å². The summed E-state index contributed by atoms with van der Waals surface area (Å²) in [6.45, 7) is 7.77. The fourth-order valence-corrected chi connectivity index (χ4v) is 0.839. The van der Waals surface area contributed by atoms with Crippen molar-refractivity contribution in [3.8, 4) is 0 Å². The Morgan fingerprint density at radius 1 is 1.06 bits per heavy atom. The van der Waals surface area contributed by atoms with Crippen molar-refractivity contribution in [2.75, 3.05) is 19.8 Å². The van der Waals surface area contributed by atoms with Crippen molar-refractivity contribution in [3.05, 3.63) is 24.3 Å². The van der Waals surface area contributed by atoms with E-state index in [1.54, 1.807) is 0 Å². The minimum atomic E-state index is -1.68. The molecule has 0 aliphatic heterocycles. The quantitative estimate of drug-likeness (QED) is 0.491. The molecule has 0 rings (SSSR count). The van der Waals surface area contributed by atoms with E-state index in [-0.39, 0.29) is 11.1 Å². The van der Waals surface area contributed by atoms with Crippen molar-refractivity contribution in [1.82, 2.24) is 0 Å². The molecule has 0 fully saturated rings. The van der Waals surface area contributed by atoms with Crippen LogP contribution in [0.25, 0.3) is 0 Å². The monoisotopic (exact) mass is 258 g/mol. The van der Waals surface area contributed by atoms with Crippen LogP contribution in [0.15, 0.2) is 24.3 Å². The summed E-state index contributed by atoms with van der Waals surface area (Å²) in [5.41, 5.74) is -1.42. The van der Waals surface area contributed by atoms with Gasteiger partial charge in [0.2, 0.25) is 0 Å². The molecule has 0 unspecified atom stereocenters.